The van der Waals surface area contributed by atoms with Gasteiger partial charge in [0.1, 0.15) is 5.54 Å². The van der Waals surface area contributed by atoms with Crippen LogP contribution in [0.15, 0.2) is 24.3 Å². The molecule has 1 saturated carbocycles. The first-order chi connectivity index (χ1) is 11.1. The molecule has 2 rings (SSSR count). The second-order valence-electron chi connectivity index (χ2n) is 5.80. The van der Waals surface area contributed by atoms with Crippen molar-refractivity contribution < 1.29 is 14.3 Å². The van der Waals surface area contributed by atoms with Crippen LogP contribution in [0.5, 0.6) is 0 Å². The molecule has 6 heteroatoms. The largest absolute Gasteiger partial charge is 0.467 e. The number of methoxy groups -OCH3 is 1. The predicted octanol–water partition coefficient (Wildman–Crippen LogP) is 3.57. The summed E-state index contributed by atoms with van der Waals surface area (Å²) in [5, 5.41) is 3.63. The number of ether oxygens (including phenoxy) is 1. The molecule has 1 aromatic rings. The maximum Gasteiger partial charge on any atom is 0.331 e. The van der Waals surface area contributed by atoms with Crippen LogP contribution in [0, 0.1) is 0 Å². The van der Waals surface area contributed by atoms with Crippen molar-refractivity contribution >= 4 is 35.2 Å². The van der Waals surface area contributed by atoms with Crippen LogP contribution in [0.4, 0.5) is 0 Å². The molecule has 1 aliphatic carbocycles. The third-order valence-electron chi connectivity index (χ3n) is 4.08. The van der Waals surface area contributed by atoms with E-state index in [1.807, 2.05) is 24.3 Å². The Kier molecular flexibility index (Phi) is 6.78. The Bertz CT molecular complexity index is 541. The highest BCUT2D eigenvalue weighted by Crippen LogP contribution is 2.29. The summed E-state index contributed by atoms with van der Waals surface area (Å²) >= 11 is 7.37. The van der Waals surface area contributed by atoms with Gasteiger partial charge in [-0.2, -0.15) is 0 Å². The Labute approximate surface area is 146 Å². The molecule has 1 fully saturated rings. The van der Waals surface area contributed by atoms with Gasteiger partial charge in [0.15, 0.2) is 0 Å². The summed E-state index contributed by atoms with van der Waals surface area (Å²) in [6, 6.07) is 7.58. The lowest BCUT2D eigenvalue weighted by atomic mass is 9.81. The zero-order valence-corrected chi connectivity index (χ0v) is 14.8. The molecular formula is C17H22ClNO3S. The van der Waals surface area contributed by atoms with Gasteiger partial charge in [-0.25, -0.2) is 4.79 Å². The van der Waals surface area contributed by atoms with Crippen LogP contribution in [0.25, 0.3) is 0 Å². The van der Waals surface area contributed by atoms with Crippen molar-refractivity contribution in [2.45, 2.75) is 43.4 Å². The number of carbonyl (C=O) groups is 2. The van der Waals surface area contributed by atoms with Gasteiger partial charge in [0.25, 0.3) is 0 Å². The van der Waals surface area contributed by atoms with Crippen molar-refractivity contribution in [2.24, 2.45) is 0 Å². The zero-order valence-electron chi connectivity index (χ0n) is 13.3. The van der Waals surface area contributed by atoms with Crippen LogP contribution in [-0.4, -0.2) is 30.3 Å². The van der Waals surface area contributed by atoms with E-state index in [4.69, 9.17) is 16.3 Å². The fourth-order valence-electron chi connectivity index (χ4n) is 2.88. The molecular weight excluding hydrogens is 334 g/mol. The second-order valence-corrected chi connectivity index (χ2v) is 7.22. The number of nitrogens with one attached hydrogen (secondary N) is 1. The van der Waals surface area contributed by atoms with E-state index >= 15 is 0 Å². The van der Waals surface area contributed by atoms with Crippen LogP contribution in [0.3, 0.4) is 0 Å². The Hall–Kier alpha value is -1.20. The SMILES string of the molecule is COC(=O)C1(NC(=O)CSCc2ccc(Cl)cc2)CCCCC1. The highest BCUT2D eigenvalue weighted by molar-refractivity contribution is 7.99. The second kappa shape index (κ2) is 8.60. The minimum Gasteiger partial charge on any atom is -0.467 e. The molecule has 4 nitrogen and oxygen atoms in total. The minimum atomic E-state index is -0.828. The van der Waals surface area contributed by atoms with Gasteiger partial charge >= 0.3 is 5.97 Å². The maximum atomic E-state index is 12.2. The van der Waals surface area contributed by atoms with Gasteiger partial charge in [0.05, 0.1) is 12.9 Å². The number of benzene rings is 1. The highest BCUT2D eigenvalue weighted by Gasteiger charge is 2.41. The number of esters is 1. The van der Waals surface area contributed by atoms with Crippen LogP contribution >= 0.6 is 23.4 Å². The van der Waals surface area contributed by atoms with Gasteiger partial charge < -0.3 is 10.1 Å². The Morgan fingerprint density at radius 1 is 1.22 bits per heavy atom. The molecule has 1 amide bonds. The van der Waals surface area contributed by atoms with Gasteiger partial charge in [-0.15, -0.1) is 11.8 Å². The summed E-state index contributed by atoms with van der Waals surface area (Å²) in [5.74, 6) is 0.612. The summed E-state index contributed by atoms with van der Waals surface area (Å²) in [7, 11) is 1.38. The number of thioether (sulfide) groups is 1. The Balaban J connectivity index is 1.84. The molecule has 0 atom stereocenters. The van der Waals surface area contributed by atoms with E-state index in [1.165, 1.54) is 18.9 Å². The zero-order chi connectivity index (χ0) is 16.7. The first-order valence-corrected chi connectivity index (χ1v) is 9.31. The lowest BCUT2D eigenvalue weighted by molar-refractivity contribution is -0.152. The van der Waals surface area contributed by atoms with Gasteiger partial charge in [-0.05, 0) is 30.5 Å². The molecule has 23 heavy (non-hydrogen) atoms. The molecule has 0 aromatic heterocycles. The normalized spacial score (nSPS) is 16.6. The number of hydrogen-bond acceptors (Lipinski definition) is 4. The molecule has 1 aliphatic rings. The van der Waals surface area contributed by atoms with Crippen LogP contribution in [0.1, 0.15) is 37.7 Å². The summed E-state index contributed by atoms with van der Waals surface area (Å²) in [6.45, 7) is 0. The monoisotopic (exact) mass is 355 g/mol. The van der Waals surface area contributed by atoms with E-state index in [-0.39, 0.29) is 11.9 Å². The summed E-state index contributed by atoms with van der Waals surface area (Å²) < 4.78 is 4.91. The third kappa shape index (κ3) is 5.15. The van der Waals surface area contributed by atoms with E-state index in [1.54, 1.807) is 0 Å². The van der Waals surface area contributed by atoms with E-state index in [0.29, 0.717) is 23.6 Å². The number of hydrogen-bond donors (Lipinski definition) is 1. The molecule has 0 saturated heterocycles. The molecule has 1 N–H and O–H groups in total. The molecule has 1 aromatic carbocycles. The third-order valence-corrected chi connectivity index (χ3v) is 5.33. The van der Waals surface area contributed by atoms with E-state index in [9.17, 15) is 9.59 Å². The first-order valence-electron chi connectivity index (χ1n) is 7.77. The van der Waals surface area contributed by atoms with Crippen molar-refractivity contribution in [3.63, 3.8) is 0 Å². The van der Waals surface area contributed by atoms with E-state index in [0.717, 1.165) is 30.6 Å². The lowest BCUT2D eigenvalue weighted by Crippen LogP contribution is -2.56. The van der Waals surface area contributed by atoms with E-state index in [2.05, 4.69) is 5.32 Å². The first kappa shape index (κ1) is 18.1. The summed E-state index contributed by atoms with van der Waals surface area (Å²) in [5.41, 5.74) is 0.290. The van der Waals surface area contributed by atoms with Crippen LogP contribution in [-0.2, 0) is 20.1 Å². The van der Waals surface area contributed by atoms with Crippen molar-refractivity contribution in [2.75, 3.05) is 12.9 Å². The average molecular weight is 356 g/mol. The lowest BCUT2D eigenvalue weighted by Gasteiger charge is -2.35. The van der Waals surface area contributed by atoms with E-state index < -0.39 is 5.54 Å². The Morgan fingerprint density at radius 3 is 2.48 bits per heavy atom. The minimum absolute atomic E-state index is 0.115. The molecule has 0 spiro atoms. The maximum absolute atomic E-state index is 12.2. The number of carbonyl (C=O) groups excluding carboxylic acids is 2. The molecule has 0 radical (unpaired) electrons. The standard InChI is InChI=1S/C17H22ClNO3S/c1-22-16(21)17(9-3-2-4-10-17)19-15(20)12-23-11-13-5-7-14(18)8-6-13/h5-8H,2-4,9-12H2,1H3,(H,19,20). The summed E-state index contributed by atoms with van der Waals surface area (Å²) in [6.07, 6.45) is 4.29. The van der Waals surface area contributed by atoms with Gasteiger partial charge in [0.2, 0.25) is 5.91 Å². The molecule has 126 valence electrons. The topological polar surface area (TPSA) is 55.4 Å². The molecule has 0 bridgehead atoms. The molecule has 0 aliphatic heterocycles. The van der Waals surface area contributed by atoms with Gasteiger partial charge in [-0.3, -0.25) is 4.79 Å². The van der Waals surface area contributed by atoms with Crippen molar-refractivity contribution in [1.29, 1.82) is 0 Å². The molecule has 0 unspecified atom stereocenters. The quantitative estimate of drug-likeness (QED) is 0.792. The molecule has 0 heterocycles. The van der Waals surface area contributed by atoms with Gasteiger partial charge in [-0.1, -0.05) is 43.0 Å². The number of halogens is 1. The fraction of sp³-hybridized carbons (Fsp3) is 0.529. The number of amides is 1. The fourth-order valence-corrected chi connectivity index (χ4v) is 3.79. The van der Waals surface area contributed by atoms with Crippen LogP contribution < -0.4 is 5.32 Å². The Morgan fingerprint density at radius 2 is 1.87 bits per heavy atom. The van der Waals surface area contributed by atoms with Crippen LogP contribution in [0.2, 0.25) is 5.02 Å². The van der Waals surface area contributed by atoms with Crippen molar-refractivity contribution in [3.8, 4) is 0 Å². The van der Waals surface area contributed by atoms with Crippen molar-refractivity contribution in [1.82, 2.24) is 5.32 Å². The summed E-state index contributed by atoms with van der Waals surface area (Å²) in [4.78, 5) is 24.3. The smallest absolute Gasteiger partial charge is 0.331 e. The van der Waals surface area contributed by atoms with Crippen molar-refractivity contribution in [3.05, 3.63) is 34.9 Å². The number of rotatable bonds is 6. The predicted molar refractivity (Wildman–Crippen MR) is 93.6 cm³/mol. The van der Waals surface area contributed by atoms with Gasteiger partial charge in [0, 0.05) is 10.8 Å². The highest BCUT2D eigenvalue weighted by atomic mass is 35.5. The average Bonchev–Trinajstić information content (AvgIpc) is 2.56.